The summed E-state index contributed by atoms with van der Waals surface area (Å²) >= 11 is 0. The van der Waals surface area contributed by atoms with Gasteiger partial charge >= 0.3 is 12.1 Å². The summed E-state index contributed by atoms with van der Waals surface area (Å²) in [7, 11) is 0. The molecule has 0 saturated carbocycles. The Bertz CT molecular complexity index is 539. The number of rotatable bonds is 2. The number of aromatic nitrogens is 1. The number of hydrogen-bond acceptors (Lipinski definition) is 4. The third kappa shape index (κ3) is 2.69. The van der Waals surface area contributed by atoms with Crippen molar-refractivity contribution in [1.82, 2.24) is 15.2 Å². The van der Waals surface area contributed by atoms with Crippen LogP contribution in [0, 0.1) is 0 Å². The van der Waals surface area contributed by atoms with Gasteiger partial charge in [-0.15, -0.1) is 0 Å². The van der Waals surface area contributed by atoms with E-state index >= 15 is 0 Å². The van der Waals surface area contributed by atoms with Crippen LogP contribution < -0.4 is 15.1 Å². The number of pyridine rings is 1. The summed E-state index contributed by atoms with van der Waals surface area (Å²) in [5.74, 6) is 0.637. The Labute approximate surface area is 122 Å². The standard InChI is InChI=1S/C13H17N5O3/c19-12-14-3-4-18(12)11-2-1-10(9-15-11)16-5-7-17(8-6-16)13(20)21/h1-2,9H,3-8H2,(H,14,19)(H,20,21). The van der Waals surface area contributed by atoms with Crippen LogP contribution in [-0.4, -0.2) is 66.4 Å². The Hall–Kier alpha value is -2.51. The molecule has 21 heavy (non-hydrogen) atoms. The highest BCUT2D eigenvalue weighted by Gasteiger charge is 2.23. The monoisotopic (exact) mass is 291 g/mol. The predicted octanol–water partition coefficient (Wildman–Crippen LogP) is 0.411. The van der Waals surface area contributed by atoms with Gasteiger partial charge in [0.1, 0.15) is 5.82 Å². The van der Waals surface area contributed by atoms with Crippen molar-refractivity contribution in [2.45, 2.75) is 0 Å². The maximum absolute atomic E-state index is 11.6. The highest BCUT2D eigenvalue weighted by Crippen LogP contribution is 2.20. The molecule has 0 radical (unpaired) electrons. The van der Waals surface area contributed by atoms with Crippen LogP contribution in [0.15, 0.2) is 18.3 Å². The van der Waals surface area contributed by atoms with Crippen LogP contribution in [0.2, 0.25) is 0 Å². The van der Waals surface area contributed by atoms with E-state index in [0.29, 0.717) is 45.1 Å². The Kier molecular flexibility index (Phi) is 3.51. The fourth-order valence-electron chi connectivity index (χ4n) is 2.57. The Morgan fingerprint density at radius 3 is 2.48 bits per heavy atom. The van der Waals surface area contributed by atoms with Crippen LogP contribution in [0.1, 0.15) is 0 Å². The van der Waals surface area contributed by atoms with Crippen LogP contribution in [0.3, 0.4) is 0 Å². The summed E-state index contributed by atoms with van der Waals surface area (Å²) in [6.07, 6.45) is 0.861. The van der Waals surface area contributed by atoms with Crippen molar-refractivity contribution in [3.8, 4) is 0 Å². The van der Waals surface area contributed by atoms with E-state index in [0.717, 1.165) is 5.69 Å². The zero-order valence-electron chi connectivity index (χ0n) is 11.5. The minimum absolute atomic E-state index is 0.120. The summed E-state index contributed by atoms with van der Waals surface area (Å²) in [4.78, 5) is 31.9. The molecule has 0 spiro atoms. The topological polar surface area (TPSA) is 89.0 Å². The number of hydrogen-bond donors (Lipinski definition) is 2. The van der Waals surface area contributed by atoms with Gasteiger partial charge in [0, 0.05) is 39.3 Å². The van der Waals surface area contributed by atoms with Crippen LogP contribution in [-0.2, 0) is 0 Å². The van der Waals surface area contributed by atoms with Crippen LogP contribution in [0.4, 0.5) is 21.1 Å². The smallest absolute Gasteiger partial charge is 0.407 e. The molecule has 2 aliphatic rings. The predicted molar refractivity (Wildman–Crippen MR) is 76.8 cm³/mol. The van der Waals surface area contributed by atoms with Gasteiger partial charge in [-0.3, -0.25) is 4.90 Å². The lowest BCUT2D eigenvalue weighted by molar-refractivity contribution is 0.142. The van der Waals surface area contributed by atoms with Gasteiger partial charge in [0.2, 0.25) is 0 Å². The van der Waals surface area contributed by atoms with Crippen LogP contribution in [0.25, 0.3) is 0 Å². The average molecular weight is 291 g/mol. The lowest BCUT2D eigenvalue weighted by Crippen LogP contribution is -2.48. The summed E-state index contributed by atoms with van der Waals surface area (Å²) in [6, 6.07) is 3.62. The van der Waals surface area contributed by atoms with E-state index in [1.54, 1.807) is 11.1 Å². The SMILES string of the molecule is O=C(O)N1CCN(c2ccc(N3CCNC3=O)nc2)CC1. The van der Waals surface area contributed by atoms with Gasteiger partial charge in [-0.1, -0.05) is 0 Å². The Balaban J connectivity index is 1.65. The molecular formula is C13H17N5O3. The normalized spacial score (nSPS) is 18.9. The number of nitrogens with zero attached hydrogens (tertiary/aromatic N) is 4. The molecule has 0 aromatic carbocycles. The van der Waals surface area contributed by atoms with E-state index < -0.39 is 6.09 Å². The molecule has 3 amide bonds. The second kappa shape index (κ2) is 5.47. The van der Waals surface area contributed by atoms with E-state index in [-0.39, 0.29) is 6.03 Å². The molecule has 3 heterocycles. The molecule has 0 unspecified atom stereocenters. The van der Waals surface area contributed by atoms with Crippen molar-refractivity contribution in [3.63, 3.8) is 0 Å². The van der Waals surface area contributed by atoms with E-state index in [4.69, 9.17) is 5.11 Å². The molecule has 2 saturated heterocycles. The molecule has 8 nitrogen and oxygen atoms in total. The number of amides is 3. The van der Waals surface area contributed by atoms with E-state index in [2.05, 4.69) is 15.2 Å². The largest absolute Gasteiger partial charge is 0.465 e. The summed E-state index contributed by atoms with van der Waals surface area (Å²) < 4.78 is 0. The summed E-state index contributed by atoms with van der Waals surface area (Å²) in [6.45, 7) is 3.55. The van der Waals surface area contributed by atoms with Gasteiger partial charge in [0.15, 0.2) is 0 Å². The van der Waals surface area contributed by atoms with E-state index in [1.165, 1.54) is 4.90 Å². The second-order valence-electron chi connectivity index (χ2n) is 5.01. The van der Waals surface area contributed by atoms with Crippen molar-refractivity contribution < 1.29 is 14.7 Å². The summed E-state index contributed by atoms with van der Waals surface area (Å²) in [5.41, 5.74) is 0.948. The Morgan fingerprint density at radius 2 is 1.95 bits per heavy atom. The van der Waals surface area contributed by atoms with Crippen molar-refractivity contribution in [2.24, 2.45) is 0 Å². The molecule has 2 fully saturated rings. The number of carboxylic acid groups (broad SMARTS) is 1. The third-order valence-electron chi connectivity index (χ3n) is 3.78. The molecule has 0 atom stereocenters. The second-order valence-corrected chi connectivity index (χ2v) is 5.01. The van der Waals surface area contributed by atoms with E-state index in [1.807, 2.05) is 12.1 Å². The molecule has 2 N–H and O–H groups in total. The highest BCUT2D eigenvalue weighted by molar-refractivity contribution is 5.93. The number of carbonyl (C=O) groups excluding carboxylic acids is 1. The number of piperazine rings is 1. The van der Waals surface area contributed by atoms with Crippen LogP contribution in [0.5, 0.6) is 0 Å². The van der Waals surface area contributed by atoms with Gasteiger partial charge in [0.25, 0.3) is 0 Å². The average Bonchev–Trinajstić information content (AvgIpc) is 2.94. The van der Waals surface area contributed by atoms with Gasteiger partial charge < -0.3 is 20.2 Å². The third-order valence-corrected chi connectivity index (χ3v) is 3.78. The van der Waals surface area contributed by atoms with Crippen molar-refractivity contribution in [1.29, 1.82) is 0 Å². The summed E-state index contributed by atoms with van der Waals surface area (Å²) in [5, 5.41) is 11.7. The minimum Gasteiger partial charge on any atom is -0.465 e. The maximum atomic E-state index is 11.6. The number of urea groups is 1. The lowest BCUT2D eigenvalue weighted by atomic mass is 10.3. The molecular weight excluding hydrogens is 274 g/mol. The molecule has 3 rings (SSSR count). The highest BCUT2D eigenvalue weighted by atomic mass is 16.4. The minimum atomic E-state index is -0.872. The molecule has 112 valence electrons. The fourth-order valence-corrected chi connectivity index (χ4v) is 2.57. The molecule has 1 aromatic rings. The van der Waals surface area contributed by atoms with Crippen LogP contribution >= 0.6 is 0 Å². The van der Waals surface area contributed by atoms with Crippen molar-refractivity contribution in [2.75, 3.05) is 49.1 Å². The fraction of sp³-hybridized carbons (Fsp3) is 0.462. The molecule has 0 bridgehead atoms. The van der Waals surface area contributed by atoms with E-state index in [9.17, 15) is 9.59 Å². The molecule has 2 aliphatic heterocycles. The maximum Gasteiger partial charge on any atom is 0.407 e. The van der Waals surface area contributed by atoms with Gasteiger partial charge in [0.05, 0.1) is 11.9 Å². The number of carbonyl (C=O) groups is 2. The van der Waals surface area contributed by atoms with Crippen molar-refractivity contribution >= 4 is 23.6 Å². The first-order valence-corrected chi connectivity index (χ1v) is 6.89. The number of anilines is 2. The first-order valence-electron chi connectivity index (χ1n) is 6.89. The molecule has 8 heteroatoms. The molecule has 1 aromatic heterocycles. The first kappa shape index (κ1) is 13.5. The zero-order chi connectivity index (χ0) is 14.8. The lowest BCUT2D eigenvalue weighted by Gasteiger charge is -2.34. The Morgan fingerprint density at radius 1 is 1.19 bits per heavy atom. The van der Waals surface area contributed by atoms with Gasteiger partial charge in [-0.2, -0.15) is 0 Å². The molecule has 0 aliphatic carbocycles. The quantitative estimate of drug-likeness (QED) is 0.824. The first-order chi connectivity index (χ1) is 10.1. The van der Waals surface area contributed by atoms with Gasteiger partial charge in [-0.05, 0) is 12.1 Å². The van der Waals surface area contributed by atoms with Gasteiger partial charge in [-0.25, -0.2) is 14.6 Å². The number of nitrogens with one attached hydrogen (secondary N) is 1. The zero-order valence-corrected chi connectivity index (χ0v) is 11.5. The van der Waals surface area contributed by atoms with Crippen molar-refractivity contribution in [3.05, 3.63) is 18.3 Å².